The van der Waals surface area contributed by atoms with Crippen LogP contribution in [0.2, 0.25) is 0 Å². The molecule has 19 heavy (non-hydrogen) atoms. The first kappa shape index (κ1) is 16.0. The number of aliphatic hydroxyl groups excluding tert-OH is 1. The van der Waals surface area contributed by atoms with Gasteiger partial charge in [-0.1, -0.05) is 32.4 Å². The Bertz CT molecular complexity index is 393. The summed E-state index contributed by atoms with van der Waals surface area (Å²) >= 11 is 0. The standard InChI is InChI=1S/C14H20F3NO/c1-3-10(2)8-18-9-13(19)11-5-4-6-12(7-11)14(15,16)17/h4-7,10,13,18-19H,3,8-9H2,1-2H3. The summed E-state index contributed by atoms with van der Waals surface area (Å²) < 4.78 is 37.6. The fourth-order valence-electron chi connectivity index (χ4n) is 1.65. The van der Waals surface area contributed by atoms with E-state index in [1.54, 1.807) is 0 Å². The van der Waals surface area contributed by atoms with Crippen molar-refractivity contribution in [1.82, 2.24) is 5.32 Å². The van der Waals surface area contributed by atoms with Gasteiger partial charge in [0.25, 0.3) is 0 Å². The van der Waals surface area contributed by atoms with Crippen LogP contribution in [0, 0.1) is 5.92 Å². The van der Waals surface area contributed by atoms with E-state index < -0.39 is 17.8 Å². The van der Waals surface area contributed by atoms with E-state index >= 15 is 0 Å². The molecule has 5 heteroatoms. The highest BCUT2D eigenvalue weighted by Gasteiger charge is 2.30. The summed E-state index contributed by atoms with van der Waals surface area (Å²) in [5, 5.41) is 12.9. The molecule has 0 spiro atoms. The van der Waals surface area contributed by atoms with Crippen molar-refractivity contribution in [1.29, 1.82) is 0 Å². The molecule has 0 fully saturated rings. The van der Waals surface area contributed by atoms with E-state index in [-0.39, 0.29) is 12.1 Å². The third kappa shape index (κ3) is 5.20. The summed E-state index contributed by atoms with van der Waals surface area (Å²) in [6.45, 7) is 5.14. The Balaban J connectivity index is 2.60. The molecule has 2 atom stereocenters. The van der Waals surface area contributed by atoms with Crippen LogP contribution in [-0.4, -0.2) is 18.2 Å². The molecule has 2 nitrogen and oxygen atoms in total. The normalized spacial score (nSPS) is 15.3. The summed E-state index contributed by atoms with van der Waals surface area (Å²) in [7, 11) is 0. The Morgan fingerprint density at radius 1 is 1.26 bits per heavy atom. The second-order valence-electron chi connectivity index (χ2n) is 4.81. The lowest BCUT2D eigenvalue weighted by Crippen LogP contribution is -2.26. The van der Waals surface area contributed by atoms with Crippen LogP contribution in [0.1, 0.15) is 37.5 Å². The molecule has 0 saturated carbocycles. The van der Waals surface area contributed by atoms with E-state index in [4.69, 9.17) is 0 Å². The van der Waals surface area contributed by atoms with Crippen LogP contribution < -0.4 is 5.32 Å². The first-order chi connectivity index (χ1) is 8.84. The van der Waals surface area contributed by atoms with Crippen molar-refractivity contribution in [2.45, 2.75) is 32.5 Å². The largest absolute Gasteiger partial charge is 0.416 e. The molecule has 1 aromatic rings. The third-order valence-electron chi connectivity index (χ3n) is 3.13. The number of rotatable bonds is 6. The van der Waals surface area contributed by atoms with Gasteiger partial charge in [0.15, 0.2) is 0 Å². The van der Waals surface area contributed by atoms with Crippen LogP contribution >= 0.6 is 0 Å². The highest BCUT2D eigenvalue weighted by atomic mass is 19.4. The number of aliphatic hydroxyl groups is 1. The average Bonchev–Trinajstić information content (AvgIpc) is 2.37. The number of nitrogens with one attached hydrogen (secondary N) is 1. The Kier molecular flexibility index (Phi) is 5.82. The molecule has 0 aliphatic rings. The number of hydrogen-bond donors (Lipinski definition) is 2. The third-order valence-corrected chi connectivity index (χ3v) is 3.13. The first-order valence-electron chi connectivity index (χ1n) is 6.40. The molecule has 0 aliphatic carbocycles. The van der Waals surface area contributed by atoms with Gasteiger partial charge in [0.2, 0.25) is 0 Å². The van der Waals surface area contributed by atoms with E-state index in [1.807, 2.05) is 0 Å². The molecule has 1 rings (SSSR count). The van der Waals surface area contributed by atoms with Gasteiger partial charge in [0.05, 0.1) is 11.7 Å². The van der Waals surface area contributed by atoms with Crippen LogP contribution in [0.5, 0.6) is 0 Å². The second-order valence-corrected chi connectivity index (χ2v) is 4.81. The van der Waals surface area contributed by atoms with Gasteiger partial charge in [-0.15, -0.1) is 0 Å². The van der Waals surface area contributed by atoms with E-state index in [0.717, 1.165) is 25.1 Å². The Hall–Kier alpha value is -1.07. The molecule has 0 aliphatic heterocycles. The van der Waals surface area contributed by atoms with Crippen molar-refractivity contribution < 1.29 is 18.3 Å². The van der Waals surface area contributed by atoms with Gasteiger partial charge in [-0.05, 0) is 30.2 Å². The van der Waals surface area contributed by atoms with Gasteiger partial charge in [-0.2, -0.15) is 13.2 Å². The zero-order chi connectivity index (χ0) is 14.5. The molecule has 0 saturated heterocycles. The molecule has 0 bridgehead atoms. The molecule has 0 heterocycles. The fraction of sp³-hybridized carbons (Fsp3) is 0.571. The number of halogens is 3. The van der Waals surface area contributed by atoms with Crippen molar-refractivity contribution in [2.75, 3.05) is 13.1 Å². The van der Waals surface area contributed by atoms with Crippen LogP contribution in [0.4, 0.5) is 13.2 Å². The van der Waals surface area contributed by atoms with Gasteiger partial charge in [-0.25, -0.2) is 0 Å². The van der Waals surface area contributed by atoms with Crippen LogP contribution in [0.25, 0.3) is 0 Å². The van der Waals surface area contributed by atoms with Crippen molar-refractivity contribution in [3.05, 3.63) is 35.4 Å². The van der Waals surface area contributed by atoms with Gasteiger partial charge < -0.3 is 10.4 Å². The monoisotopic (exact) mass is 275 g/mol. The number of hydrogen-bond acceptors (Lipinski definition) is 2. The Morgan fingerprint density at radius 2 is 1.95 bits per heavy atom. The lowest BCUT2D eigenvalue weighted by Gasteiger charge is -2.16. The molecule has 0 aromatic heterocycles. The van der Waals surface area contributed by atoms with E-state index in [1.165, 1.54) is 12.1 Å². The second kappa shape index (κ2) is 6.91. The molecule has 0 radical (unpaired) electrons. The van der Waals surface area contributed by atoms with Crippen molar-refractivity contribution in [2.24, 2.45) is 5.92 Å². The summed E-state index contributed by atoms with van der Waals surface area (Å²) in [4.78, 5) is 0. The van der Waals surface area contributed by atoms with Gasteiger partial charge in [0, 0.05) is 6.54 Å². The summed E-state index contributed by atoms with van der Waals surface area (Å²) in [6, 6.07) is 4.82. The van der Waals surface area contributed by atoms with Crippen molar-refractivity contribution in [3.63, 3.8) is 0 Å². The Morgan fingerprint density at radius 3 is 2.53 bits per heavy atom. The quantitative estimate of drug-likeness (QED) is 0.834. The zero-order valence-corrected chi connectivity index (χ0v) is 11.2. The predicted octanol–water partition coefficient (Wildman–Crippen LogP) is 3.37. The fourth-order valence-corrected chi connectivity index (χ4v) is 1.65. The summed E-state index contributed by atoms with van der Waals surface area (Å²) in [6.07, 6.45) is -4.28. The van der Waals surface area contributed by atoms with E-state index in [2.05, 4.69) is 19.2 Å². The molecular formula is C14H20F3NO. The van der Waals surface area contributed by atoms with Gasteiger partial charge in [0.1, 0.15) is 0 Å². The van der Waals surface area contributed by atoms with E-state index in [0.29, 0.717) is 5.92 Å². The lowest BCUT2D eigenvalue weighted by molar-refractivity contribution is -0.137. The highest BCUT2D eigenvalue weighted by molar-refractivity contribution is 5.27. The maximum Gasteiger partial charge on any atom is 0.416 e. The molecule has 0 amide bonds. The minimum Gasteiger partial charge on any atom is -0.387 e. The molecule has 2 unspecified atom stereocenters. The van der Waals surface area contributed by atoms with Crippen LogP contribution in [-0.2, 0) is 6.18 Å². The summed E-state index contributed by atoms with van der Waals surface area (Å²) in [5.74, 6) is 0.480. The SMILES string of the molecule is CCC(C)CNCC(O)c1cccc(C(F)(F)F)c1. The van der Waals surface area contributed by atoms with Crippen LogP contribution in [0.15, 0.2) is 24.3 Å². The Labute approximate surface area is 111 Å². The summed E-state index contributed by atoms with van der Waals surface area (Å²) in [5.41, 5.74) is -0.447. The molecule has 2 N–H and O–H groups in total. The lowest BCUT2D eigenvalue weighted by atomic mass is 10.1. The molecular weight excluding hydrogens is 255 g/mol. The van der Waals surface area contributed by atoms with Gasteiger partial charge in [-0.3, -0.25) is 0 Å². The van der Waals surface area contributed by atoms with Gasteiger partial charge >= 0.3 is 6.18 Å². The maximum absolute atomic E-state index is 12.5. The highest BCUT2D eigenvalue weighted by Crippen LogP contribution is 2.30. The number of alkyl halides is 3. The average molecular weight is 275 g/mol. The predicted molar refractivity (Wildman–Crippen MR) is 68.7 cm³/mol. The maximum atomic E-state index is 12.5. The zero-order valence-electron chi connectivity index (χ0n) is 11.2. The van der Waals surface area contributed by atoms with E-state index in [9.17, 15) is 18.3 Å². The van der Waals surface area contributed by atoms with Crippen LogP contribution in [0.3, 0.4) is 0 Å². The topological polar surface area (TPSA) is 32.3 Å². The minimum absolute atomic E-state index is 0.256. The molecule has 108 valence electrons. The number of benzene rings is 1. The smallest absolute Gasteiger partial charge is 0.387 e. The van der Waals surface area contributed by atoms with Crippen molar-refractivity contribution >= 4 is 0 Å². The first-order valence-corrected chi connectivity index (χ1v) is 6.40. The van der Waals surface area contributed by atoms with Crippen molar-refractivity contribution in [3.8, 4) is 0 Å². The minimum atomic E-state index is -4.38. The molecule has 1 aromatic carbocycles.